The van der Waals surface area contributed by atoms with Crippen molar-refractivity contribution in [3.63, 3.8) is 0 Å². The molecule has 2 rings (SSSR count). The molecule has 0 fully saturated rings. The highest BCUT2D eigenvalue weighted by Crippen LogP contribution is 2.15. The molecule has 27 heavy (non-hydrogen) atoms. The zero-order valence-corrected chi connectivity index (χ0v) is 17.1. The Morgan fingerprint density at radius 3 is 2.41 bits per heavy atom. The van der Waals surface area contributed by atoms with Crippen LogP contribution in [-0.4, -0.2) is 17.7 Å². The van der Waals surface area contributed by atoms with Gasteiger partial charge in [-0.2, -0.15) is 0 Å². The van der Waals surface area contributed by atoms with E-state index in [-0.39, 0.29) is 12.3 Å². The van der Waals surface area contributed by atoms with Crippen molar-refractivity contribution in [1.82, 2.24) is 5.32 Å². The molecule has 0 spiro atoms. The number of carbonyl (C=O) groups excluding carboxylic acids is 2. The smallest absolute Gasteiger partial charge is 0.412 e. The second-order valence-electron chi connectivity index (χ2n) is 6.80. The summed E-state index contributed by atoms with van der Waals surface area (Å²) in [5.74, 6) is -0.648. The minimum absolute atomic E-state index is 0.00159. The number of alkyl carbamates (subject to hydrolysis) is 1. The second-order valence-corrected chi connectivity index (χ2v) is 7.72. The van der Waals surface area contributed by atoms with Gasteiger partial charge < -0.3 is 9.47 Å². The molecule has 0 saturated heterocycles. The van der Waals surface area contributed by atoms with Crippen LogP contribution in [0.5, 0.6) is 0 Å². The molecule has 0 unspecified atom stereocenters. The largest absolute Gasteiger partial charge is 0.456 e. The molecule has 2 aromatic carbocycles. The van der Waals surface area contributed by atoms with Crippen LogP contribution in [-0.2, 0) is 20.9 Å². The van der Waals surface area contributed by atoms with E-state index < -0.39 is 17.7 Å². The fourth-order valence-corrected chi connectivity index (χ4v) is 2.54. The van der Waals surface area contributed by atoms with Crippen LogP contribution in [0.15, 0.2) is 64.8 Å². The number of hydrogen-bond donors (Lipinski definition) is 1. The van der Waals surface area contributed by atoms with Gasteiger partial charge in [0.2, 0.25) is 0 Å². The van der Waals surface area contributed by atoms with E-state index >= 15 is 0 Å². The highest BCUT2D eigenvalue weighted by Gasteiger charge is 2.20. The lowest BCUT2D eigenvalue weighted by Gasteiger charge is -2.20. The van der Waals surface area contributed by atoms with E-state index in [2.05, 4.69) is 21.2 Å². The molecule has 142 valence electrons. The molecule has 0 aliphatic rings. The molecule has 0 aromatic heterocycles. The fourth-order valence-electron chi connectivity index (χ4n) is 2.12. The third-order valence-corrected chi connectivity index (χ3v) is 3.72. The van der Waals surface area contributed by atoms with Crippen molar-refractivity contribution in [1.29, 1.82) is 0 Å². The van der Waals surface area contributed by atoms with Crippen molar-refractivity contribution in [3.05, 3.63) is 75.9 Å². The monoisotopic (exact) mass is 431 g/mol. The molecule has 0 radical (unpaired) electrons. The van der Waals surface area contributed by atoms with Crippen LogP contribution in [0.4, 0.5) is 4.79 Å². The molecule has 1 N–H and O–H groups in total. The minimum atomic E-state index is -0.722. The summed E-state index contributed by atoms with van der Waals surface area (Å²) in [6.45, 7) is 5.35. The molecule has 6 heteroatoms. The number of halogens is 1. The topological polar surface area (TPSA) is 64.6 Å². The maximum atomic E-state index is 12.5. The van der Waals surface area contributed by atoms with E-state index in [1.165, 1.54) is 0 Å². The molecule has 0 aliphatic carbocycles. The van der Waals surface area contributed by atoms with Gasteiger partial charge >= 0.3 is 12.1 Å². The van der Waals surface area contributed by atoms with E-state index in [0.717, 1.165) is 15.6 Å². The SMILES string of the molecule is CC(C)(C)OC(=O)N/C(=C\c1cccc(Br)c1)C(=O)OCc1ccccc1. The van der Waals surface area contributed by atoms with Crippen molar-refractivity contribution in [3.8, 4) is 0 Å². The lowest BCUT2D eigenvalue weighted by molar-refractivity contribution is -0.140. The molecular weight excluding hydrogens is 410 g/mol. The third kappa shape index (κ3) is 7.66. The van der Waals surface area contributed by atoms with Gasteiger partial charge in [0.15, 0.2) is 0 Å². The molecule has 5 nitrogen and oxygen atoms in total. The number of ether oxygens (including phenoxy) is 2. The number of carbonyl (C=O) groups is 2. The molecule has 0 bridgehead atoms. The maximum Gasteiger partial charge on any atom is 0.412 e. The Labute approximate surface area is 167 Å². The number of amides is 1. The zero-order chi connectivity index (χ0) is 19.9. The van der Waals surface area contributed by atoms with Crippen LogP contribution in [0.1, 0.15) is 31.9 Å². The summed E-state index contributed by atoms with van der Waals surface area (Å²) in [4.78, 5) is 24.6. The Hall–Kier alpha value is -2.60. The Morgan fingerprint density at radius 1 is 1.07 bits per heavy atom. The number of nitrogens with one attached hydrogen (secondary N) is 1. The highest BCUT2D eigenvalue weighted by atomic mass is 79.9. The van der Waals surface area contributed by atoms with Gasteiger partial charge in [0.1, 0.15) is 17.9 Å². The Balaban J connectivity index is 2.17. The quantitative estimate of drug-likeness (QED) is 0.530. The van der Waals surface area contributed by atoms with Gasteiger partial charge in [0.05, 0.1) is 0 Å². The van der Waals surface area contributed by atoms with Gasteiger partial charge in [-0.05, 0) is 50.1 Å². The predicted molar refractivity (Wildman–Crippen MR) is 108 cm³/mol. The van der Waals surface area contributed by atoms with Gasteiger partial charge in [-0.15, -0.1) is 0 Å². The molecular formula is C21H22BrNO4. The summed E-state index contributed by atoms with van der Waals surface area (Å²) in [6.07, 6.45) is 0.822. The average molecular weight is 432 g/mol. The maximum absolute atomic E-state index is 12.5. The van der Waals surface area contributed by atoms with Gasteiger partial charge in [-0.1, -0.05) is 58.4 Å². The Bertz CT molecular complexity index is 826. The van der Waals surface area contributed by atoms with Gasteiger partial charge in [-0.25, -0.2) is 9.59 Å². The van der Waals surface area contributed by atoms with E-state index in [4.69, 9.17) is 9.47 Å². The van der Waals surface area contributed by atoms with Crippen LogP contribution in [0, 0.1) is 0 Å². The summed E-state index contributed by atoms with van der Waals surface area (Å²) >= 11 is 3.38. The minimum Gasteiger partial charge on any atom is -0.456 e. The van der Waals surface area contributed by atoms with Crippen molar-refractivity contribution < 1.29 is 19.1 Å². The lowest BCUT2D eigenvalue weighted by Crippen LogP contribution is -2.34. The molecule has 2 aromatic rings. The fraction of sp³-hybridized carbons (Fsp3) is 0.238. The highest BCUT2D eigenvalue weighted by molar-refractivity contribution is 9.10. The number of rotatable bonds is 5. The molecule has 0 aliphatic heterocycles. The van der Waals surface area contributed by atoms with Crippen LogP contribution < -0.4 is 5.32 Å². The molecule has 0 atom stereocenters. The first-order chi connectivity index (χ1) is 12.7. The van der Waals surface area contributed by atoms with Crippen LogP contribution in [0.2, 0.25) is 0 Å². The van der Waals surface area contributed by atoms with Crippen LogP contribution >= 0.6 is 15.9 Å². The number of hydrogen-bond acceptors (Lipinski definition) is 4. The first-order valence-electron chi connectivity index (χ1n) is 8.41. The predicted octanol–water partition coefficient (Wildman–Crippen LogP) is 5.06. The molecule has 0 saturated carbocycles. The number of esters is 1. The average Bonchev–Trinajstić information content (AvgIpc) is 2.58. The first kappa shape index (κ1) is 20.7. The summed E-state index contributed by atoms with van der Waals surface area (Å²) in [5, 5.41) is 2.49. The van der Waals surface area contributed by atoms with E-state index in [0.29, 0.717) is 0 Å². The summed E-state index contributed by atoms with van der Waals surface area (Å²) in [6, 6.07) is 16.6. The normalized spacial score (nSPS) is 11.6. The molecule has 1 amide bonds. The van der Waals surface area contributed by atoms with Crippen LogP contribution in [0.25, 0.3) is 6.08 Å². The van der Waals surface area contributed by atoms with Gasteiger partial charge in [0.25, 0.3) is 0 Å². The second kappa shape index (κ2) is 9.37. The Morgan fingerprint density at radius 2 is 1.78 bits per heavy atom. The first-order valence-corrected chi connectivity index (χ1v) is 9.20. The van der Waals surface area contributed by atoms with Gasteiger partial charge in [-0.3, -0.25) is 5.32 Å². The third-order valence-electron chi connectivity index (χ3n) is 3.23. The van der Waals surface area contributed by atoms with Crippen molar-refractivity contribution >= 4 is 34.1 Å². The van der Waals surface area contributed by atoms with Crippen molar-refractivity contribution in [2.45, 2.75) is 33.0 Å². The van der Waals surface area contributed by atoms with Crippen LogP contribution in [0.3, 0.4) is 0 Å². The van der Waals surface area contributed by atoms with E-state index in [1.54, 1.807) is 26.8 Å². The Kier molecular flexibility index (Phi) is 7.19. The summed E-state index contributed by atoms with van der Waals surface area (Å²) in [5.41, 5.74) is 0.897. The van der Waals surface area contributed by atoms with Crippen molar-refractivity contribution in [2.75, 3.05) is 0 Å². The van der Waals surface area contributed by atoms with E-state index in [1.807, 2.05) is 54.6 Å². The summed E-state index contributed by atoms with van der Waals surface area (Å²) in [7, 11) is 0. The van der Waals surface area contributed by atoms with Gasteiger partial charge in [0, 0.05) is 4.47 Å². The standard InChI is InChI=1S/C21H22BrNO4/c1-21(2,3)27-20(25)23-18(13-16-10-7-11-17(22)12-16)19(24)26-14-15-8-5-4-6-9-15/h4-13H,14H2,1-3H3,(H,23,25)/b18-13-. The molecule has 0 heterocycles. The zero-order valence-electron chi connectivity index (χ0n) is 15.5. The lowest BCUT2D eigenvalue weighted by atomic mass is 10.2. The van der Waals surface area contributed by atoms with Crippen molar-refractivity contribution in [2.24, 2.45) is 0 Å². The van der Waals surface area contributed by atoms with E-state index in [9.17, 15) is 9.59 Å². The summed E-state index contributed by atoms with van der Waals surface area (Å²) < 4.78 is 11.4. The number of benzene rings is 2.